The summed E-state index contributed by atoms with van der Waals surface area (Å²) in [6.07, 6.45) is 0. The Kier molecular flexibility index (Phi) is 3.50. The highest BCUT2D eigenvalue weighted by Gasteiger charge is 2.24. The molecule has 0 amide bonds. The Labute approximate surface area is 134 Å². The van der Waals surface area contributed by atoms with Crippen LogP contribution in [0.3, 0.4) is 0 Å². The summed E-state index contributed by atoms with van der Waals surface area (Å²) < 4.78 is 19.8. The zero-order valence-corrected chi connectivity index (χ0v) is 13.0. The predicted octanol–water partition coefficient (Wildman–Crippen LogP) is 3.22. The molecule has 0 aliphatic carbocycles. The summed E-state index contributed by atoms with van der Waals surface area (Å²) in [4.78, 5) is 7.02. The van der Waals surface area contributed by atoms with E-state index >= 15 is 0 Å². The number of benzene rings is 2. The van der Waals surface area contributed by atoms with Crippen LogP contribution in [0.4, 0.5) is 10.1 Å². The molecule has 4 rings (SSSR count). The van der Waals surface area contributed by atoms with Crippen LogP contribution in [-0.2, 0) is 0 Å². The minimum absolute atomic E-state index is 0.280. The molecule has 0 radical (unpaired) electrons. The van der Waals surface area contributed by atoms with Crippen LogP contribution in [0.25, 0.3) is 0 Å². The van der Waals surface area contributed by atoms with E-state index in [4.69, 9.17) is 9.73 Å². The number of piperazine rings is 1. The molecule has 2 heterocycles. The van der Waals surface area contributed by atoms with Gasteiger partial charge in [-0.05, 0) is 42.8 Å². The molecule has 23 heavy (non-hydrogen) atoms. The molecule has 1 saturated heterocycles. The summed E-state index contributed by atoms with van der Waals surface area (Å²) in [6.45, 7) is 5.50. The van der Waals surface area contributed by atoms with E-state index in [9.17, 15) is 4.39 Å². The maximum Gasteiger partial charge on any atom is 0.153 e. The van der Waals surface area contributed by atoms with Crippen LogP contribution in [0.2, 0.25) is 0 Å². The number of amidine groups is 1. The average Bonchev–Trinajstić information content (AvgIpc) is 2.72. The number of halogens is 1. The Hall–Kier alpha value is -2.40. The normalized spacial score (nSPS) is 16.8. The summed E-state index contributed by atoms with van der Waals surface area (Å²) >= 11 is 0. The molecule has 0 unspecified atom stereocenters. The van der Waals surface area contributed by atoms with E-state index in [1.807, 2.05) is 25.1 Å². The van der Waals surface area contributed by atoms with Gasteiger partial charge in [-0.25, -0.2) is 9.38 Å². The third kappa shape index (κ3) is 2.68. The number of nitrogens with zero attached hydrogens (tertiary/aromatic N) is 2. The Bertz CT molecular complexity index is 782. The molecule has 4 nitrogen and oxygen atoms in total. The molecule has 0 aromatic heterocycles. The second-order valence-electron chi connectivity index (χ2n) is 5.89. The molecular formula is C18H18FN3O. The van der Waals surface area contributed by atoms with Crippen LogP contribution in [-0.4, -0.2) is 36.9 Å². The van der Waals surface area contributed by atoms with E-state index in [1.165, 1.54) is 12.1 Å². The van der Waals surface area contributed by atoms with Crippen LogP contribution in [0.5, 0.6) is 11.5 Å². The lowest BCUT2D eigenvalue weighted by Gasteiger charge is -2.30. The number of rotatable bonds is 0. The van der Waals surface area contributed by atoms with Crippen molar-refractivity contribution in [2.24, 2.45) is 4.99 Å². The molecular weight excluding hydrogens is 293 g/mol. The van der Waals surface area contributed by atoms with E-state index in [1.54, 1.807) is 6.07 Å². The summed E-state index contributed by atoms with van der Waals surface area (Å²) in [7, 11) is 0. The first-order valence-electron chi connectivity index (χ1n) is 7.83. The van der Waals surface area contributed by atoms with Crippen molar-refractivity contribution in [3.63, 3.8) is 0 Å². The summed E-state index contributed by atoms with van der Waals surface area (Å²) in [5, 5.41) is 3.33. The van der Waals surface area contributed by atoms with E-state index in [0.29, 0.717) is 17.1 Å². The van der Waals surface area contributed by atoms with E-state index in [2.05, 4.69) is 10.2 Å². The molecule has 0 atom stereocenters. The highest BCUT2D eigenvalue weighted by molar-refractivity contribution is 6.03. The molecule has 2 aromatic carbocycles. The fourth-order valence-corrected chi connectivity index (χ4v) is 2.98. The molecule has 1 N–H and O–H groups in total. The van der Waals surface area contributed by atoms with Gasteiger partial charge in [0.25, 0.3) is 0 Å². The fourth-order valence-electron chi connectivity index (χ4n) is 2.98. The monoisotopic (exact) mass is 311 g/mol. The van der Waals surface area contributed by atoms with E-state index in [0.717, 1.165) is 43.3 Å². The Morgan fingerprint density at radius 3 is 2.70 bits per heavy atom. The Morgan fingerprint density at radius 2 is 1.87 bits per heavy atom. The number of fused-ring (bicyclic) bond motifs is 2. The summed E-state index contributed by atoms with van der Waals surface area (Å²) in [6, 6.07) is 10.5. The smallest absolute Gasteiger partial charge is 0.153 e. The van der Waals surface area contributed by atoms with Gasteiger partial charge in [0, 0.05) is 26.2 Å². The van der Waals surface area contributed by atoms with Crippen molar-refractivity contribution in [1.82, 2.24) is 10.2 Å². The van der Waals surface area contributed by atoms with Crippen molar-refractivity contribution in [2.45, 2.75) is 6.92 Å². The Morgan fingerprint density at radius 1 is 1.09 bits per heavy atom. The second kappa shape index (κ2) is 5.66. The molecule has 118 valence electrons. The minimum atomic E-state index is -0.280. The minimum Gasteiger partial charge on any atom is -0.454 e. The highest BCUT2D eigenvalue weighted by atomic mass is 19.1. The zero-order valence-electron chi connectivity index (χ0n) is 13.0. The van der Waals surface area contributed by atoms with Gasteiger partial charge in [-0.3, -0.25) is 0 Å². The van der Waals surface area contributed by atoms with Gasteiger partial charge < -0.3 is 15.0 Å². The van der Waals surface area contributed by atoms with Crippen molar-refractivity contribution in [3.05, 3.63) is 53.3 Å². The number of nitrogens with one attached hydrogen (secondary N) is 1. The number of hydrogen-bond acceptors (Lipinski definition) is 4. The molecule has 0 spiro atoms. The van der Waals surface area contributed by atoms with Gasteiger partial charge in [-0.2, -0.15) is 0 Å². The largest absolute Gasteiger partial charge is 0.454 e. The maximum absolute atomic E-state index is 13.8. The molecule has 2 aromatic rings. The lowest BCUT2D eigenvalue weighted by atomic mass is 10.1. The second-order valence-corrected chi connectivity index (χ2v) is 5.89. The molecule has 0 bridgehead atoms. The van der Waals surface area contributed by atoms with Gasteiger partial charge in [0.2, 0.25) is 0 Å². The molecule has 2 aliphatic heterocycles. The predicted molar refractivity (Wildman–Crippen MR) is 88.3 cm³/mol. The molecule has 0 saturated carbocycles. The lowest BCUT2D eigenvalue weighted by molar-refractivity contribution is 0.357. The topological polar surface area (TPSA) is 36.9 Å². The Balaban J connectivity index is 1.89. The lowest BCUT2D eigenvalue weighted by Crippen LogP contribution is -2.46. The fraction of sp³-hybridized carbons (Fsp3) is 0.278. The number of aryl methyl sites for hydroxylation is 1. The number of aliphatic imine (C=N–C) groups is 1. The average molecular weight is 311 g/mol. The number of ether oxygens (including phenoxy) is 1. The first-order chi connectivity index (χ1) is 11.2. The molecule has 1 fully saturated rings. The standard InChI is InChI=1S/C18H18FN3O/c1-12-2-4-17-15(10-12)21-18(22-8-6-20-7-9-22)14-11-13(19)3-5-16(14)23-17/h2-5,10-11,20H,6-9H2,1H3. The quantitative estimate of drug-likeness (QED) is 0.811. The van der Waals surface area contributed by atoms with Crippen LogP contribution < -0.4 is 10.1 Å². The van der Waals surface area contributed by atoms with Crippen molar-refractivity contribution < 1.29 is 9.13 Å². The third-order valence-corrected chi connectivity index (χ3v) is 4.16. The highest BCUT2D eigenvalue weighted by Crippen LogP contribution is 2.38. The third-order valence-electron chi connectivity index (χ3n) is 4.16. The van der Waals surface area contributed by atoms with E-state index < -0.39 is 0 Å². The molecule has 5 heteroatoms. The van der Waals surface area contributed by atoms with Gasteiger partial charge in [0.05, 0.1) is 5.56 Å². The first kappa shape index (κ1) is 14.2. The maximum atomic E-state index is 13.8. The van der Waals surface area contributed by atoms with Gasteiger partial charge in [-0.15, -0.1) is 0 Å². The SMILES string of the molecule is Cc1ccc2c(c1)N=C(N1CCNCC1)c1cc(F)ccc1O2. The molecule has 2 aliphatic rings. The van der Waals surface area contributed by atoms with Crippen LogP contribution >= 0.6 is 0 Å². The summed E-state index contributed by atoms with van der Waals surface area (Å²) in [5.41, 5.74) is 2.61. The van der Waals surface area contributed by atoms with Crippen molar-refractivity contribution in [1.29, 1.82) is 0 Å². The summed E-state index contributed by atoms with van der Waals surface area (Å²) in [5.74, 6) is 1.85. The van der Waals surface area contributed by atoms with Crippen LogP contribution in [0.15, 0.2) is 41.4 Å². The first-order valence-corrected chi connectivity index (χ1v) is 7.83. The van der Waals surface area contributed by atoms with Crippen molar-refractivity contribution in [2.75, 3.05) is 26.2 Å². The van der Waals surface area contributed by atoms with Crippen molar-refractivity contribution >= 4 is 11.5 Å². The van der Waals surface area contributed by atoms with Gasteiger partial charge in [0.1, 0.15) is 23.1 Å². The van der Waals surface area contributed by atoms with Gasteiger partial charge >= 0.3 is 0 Å². The van der Waals surface area contributed by atoms with Crippen molar-refractivity contribution in [3.8, 4) is 11.5 Å². The van der Waals surface area contributed by atoms with E-state index in [-0.39, 0.29) is 5.82 Å². The van der Waals surface area contributed by atoms with Crippen LogP contribution in [0.1, 0.15) is 11.1 Å². The number of hydrogen-bond donors (Lipinski definition) is 1. The van der Waals surface area contributed by atoms with Gasteiger partial charge in [-0.1, -0.05) is 6.07 Å². The van der Waals surface area contributed by atoms with Crippen LogP contribution in [0, 0.1) is 12.7 Å². The van der Waals surface area contributed by atoms with Gasteiger partial charge in [0.15, 0.2) is 5.75 Å². The zero-order chi connectivity index (χ0) is 15.8.